The number of nitrogens with zero attached hydrogens (tertiary/aromatic N) is 3. The summed E-state index contributed by atoms with van der Waals surface area (Å²) in [5.41, 5.74) is 6.57. The lowest BCUT2D eigenvalue weighted by atomic mass is 10.3. The predicted molar refractivity (Wildman–Crippen MR) is 85.2 cm³/mol. The predicted octanol–water partition coefficient (Wildman–Crippen LogP) is 2.56. The summed E-state index contributed by atoms with van der Waals surface area (Å²) in [6.45, 7) is 5.83. The minimum atomic E-state index is -0.300. The van der Waals surface area contributed by atoms with E-state index in [4.69, 9.17) is 5.73 Å². The molecular weight excluding hydrogens is 286 g/mol. The SMILES string of the molecule is CC(Sc1nnc(N)n1C(C)C)C(=O)Nc1ccccc1. The van der Waals surface area contributed by atoms with E-state index in [9.17, 15) is 4.79 Å². The van der Waals surface area contributed by atoms with Crippen LogP contribution in [0.1, 0.15) is 26.8 Å². The van der Waals surface area contributed by atoms with Crippen LogP contribution in [0, 0.1) is 0 Å². The van der Waals surface area contributed by atoms with Crippen LogP contribution < -0.4 is 11.1 Å². The van der Waals surface area contributed by atoms with E-state index >= 15 is 0 Å². The molecular formula is C14H19N5OS. The van der Waals surface area contributed by atoms with Crippen LogP contribution >= 0.6 is 11.8 Å². The number of carbonyl (C=O) groups excluding carboxylic acids is 1. The molecule has 1 aromatic heterocycles. The van der Waals surface area contributed by atoms with E-state index in [1.807, 2.05) is 55.7 Å². The second-order valence-corrected chi connectivity index (χ2v) is 6.23. The number of hydrogen-bond acceptors (Lipinski definition) is 5. The molecule has 2 aromatic rings. The van der Waals surface area contributed by atoms with Gasteiger partial charge in [-0.15, -0.1) is 10.2 Å². The normalized spacial score (nSPS) is 12.4. The molecule has 3 N–H and O–H groups in total. The molecule has 112 valence electrons. The molecule has 0 fully saturated rings. The molecule has 0 aliphatic carbocycles. The van der Waals surface area contributed by atoms with Crippen molar-refractivity contribution in [2.45, 2.75) is 37.2 Å². The third-order valence-electron chi connectivity index (χ3n) is 2.90. The van der Waals surface area contributed by atoms with Crippen LogP contribution in [0.15, 0.2) is 35.5 Å². The van der Waals surface area contributed by atoms with Gasteiger partial charge in [0.2, 0.25) is 11.9 Å². The number of para-hydroxylation sites is 1. The first-order valence-electron chi connectivity index (χ1n) is 6.72. The second kappa shape index (κ2) is 6.62. The second-order valence-electron chi connectivity index (χ2n) is 4.92. The number of aromatic nitrogens is 3. The maximum Gasteiger partial charge on any atom is 0.237 e. The average molecular weight is 305 g/mol. The molecule has 6 nitrogen and oxygen atoms in total. The topological polar surface area (TPSA) is 85.8 Å². The standard InChI is InChI=1S/C14H19N5OS/c1-9(2)19-13(15)17-18-14(19)21-10(3)12(20)16-11-7-5-4-6-8-11/h4-10H,1-3H3,(H2,15,17)(H,16,20). The number of nitrogens with one attached hydrogen (secondary N) is 1. The molecule has 0 saturated heterocycles. The molecule has 1 heterocycles. The van der Waals surface area contributed by atoms with Crippen molar-refractivity contribution in [1.82, 2.24) is 14.8 Å². The minimum absolute atomic E-state index is 0.0805. The Hall–Kier alpha value is -2.02. The van der Waals surface area contributed by atoms with Gasteiger partial charge in [-0.3, -0.25) is 9.36 Å². The molecule has 2 rings (SSSR count). The summed E-state index contributed by atoms with van der Waals surface area (Å²) < 4.78 is 1.82. The molecule has 0 bridgehead atoms. The highest BCUT2D eigenvalue weighted by molar-refractivity contribution is 8.00. The average Bonchev–Trinajstić information content (AvgIpc) is 2.80. The zero-order valence-electron chi connectivity index (χ0n) is 12.3. The lowest BCUT2D eigenvalue weighted by Gasteiger charge is -2.14. The number of thioether (sulfide) groups is 1. The van der Waals surface area contributed by atoms with Crippen molar-refractivity contribution in [2.75, 3.05) is 11.1 Å². The number of nitrogen functional groups attached to an aromatic ring is 1. The lowest BCUT2D eigenvalue weighted by Crippen LogP contribution is -2.23. The van der Waals surface area contributed by atoms with Gasteiger partial charge in [0.1, 0.15) is 0 Å². The Morgan fingerprint density at radius 3 is 2.52 bits per heavy atom. The fourth-order valence-corrected chi connectivity index (χ4v) is 2.82. The Kier molecular flexibility index (Phi) is 4.85. The van der Waals surface area contributed by atoms with Crippen molar-refractivity contribution in [1.29, 1.82) is 0 Å². The first-order chi connectivity index (χ1) is 9.99. The Morgan fingerprint density at radius 2 is 1.90 bits per heavy atom. The Bertz CT molecular complexity index is 611. The number of nitrogens with two attached hydrogens (primary N) is 1. The number of anilines is 2. The maximum atomic E-state index is 12.2. The van der Waals surface area contributed by atoms with Gasteiger partial charge in [-0.2, -0.15) is 0 Å². The smallest absolute Gasteiger partial charge is 0.237 e. The van der Waals surface area contributed by atoms with Crippen LogP contribution in [0.4, 0.5) is 11.6 Å². The van der Waals surface area contributed by atoms with Crippen LogP contribution in [-0.4, -0.2) is 25.9 Å². The van der Waals surface area contributed by atoms with Crippen molar-refractivity contribution in [3.63, 3.8) is 0 Å². The largest absolute Gasteiger partial charge is 0.368 e. The van der Waals surface area contributed by atoms with Gasteiger partial charge in [0.05, 0.1) is 5.25 Å². The van der Waals surface area contributed by atoms with Gasteiger partial charge in [-0.25, -0.2) is 0 Å². The van der Waals surface area contributed by atoms with Gasteiger partial charge in [-0.1, -0.05) is 30.0 Å². The zero-order valence-corrected chi connectivity index (χ0v) is 13.1. The van der Waals surface area contributed by atoms with Gasteiger partial charge in [0.15, 0.2) is 5.16 Å². The summed E-state index contributed by atoms with van der Waals surface area (Å²) in [5, 5.41) is 11.1. The van der Waals surface area contributed by atoms with Crippen molar-refractivity contribution < 1.29 is 4.79 Å². The molecule has 0 radical (unpaired) electrons. The van der Waals surface area contributed by atoms with Crippen LogP contribution in [0.2, 0.25) is 0 Å². The molecule has 21 heavy (non-hydrogen) atoms. The first-order valence-corrected chi connectivity index (χ1v) is 7.60. The summed E-state index contributed by atoms with van der Waals surface area (Å²) in [5.74, 6) is 0.284. The molecule has 1 amide bonds. The highest BCUT2D eigenvalue weighted by Crippen LogP contribution is 2.26. The Labute approximate surface area is 128 Å². The van der Waals surface area contributed by atoms with Crippen LogP contribution in [0.3, 0.4) is 0 Å². The van der Waals surface area contributed by atoms with Gasteiger partial charge in [-0.05, 0) is 32.9 Å². The number of amides is 1. The van der Waals surface area contributed by atoms with E-state index in [-0.39, 0.29) is 17.2 Å². The number of rotatable bonds is 5. The Morgan fingerprint density at radius 1 is 1.24 bits per heavy atom. The monoisotopic (exact) mass is 305 g/mol. The van der Waals surface area contributed by atoms with Crippen molar-refractivity contribution in [3.8, 4) is 0 Å². The molecule has 0 spiro atoms. The fourth-order valence-electron chi connectivity index (χ4n) is 1.83. The van der Waals surface area contributed by atoms with E-state index in [1.165, 1.54) is 11.8 Å². The number of benzene rings is 1. The van der Waals surface area contributed by atoms with Crippen molar-refractivity contribution in [3.05, 3.63) is 30.3 Å². The zero-order chi connectivity index (χ0) is 15.4. The molecule has 0 aliphatic rings. The van der Waals surface area contributed by atoms with Gasteiger partial charge >= 0.3 is 0 Å². The third-order valence-corrected chi connectivity index (χ3v) is 3.96. The summed E-state index contributed by atoms with van der Waals surface area (Å²) >= 11 is 1.34. The number of hydrogen-bond donors (Lipinski definition) is 2. The third kappa shape index (κ3) is 3.75. The summed E-state index contributed by atoms with van der Waals surface area (Å²) in [7, 11) is 0. The van der Waals surface area contributed by atoms with E-state index in [1.54, 1.807) is 0 Å². The van der Waals surface area contributed by atoms with Crippen molar-refractivity contribution >= 4 is 29.3 Å². The summed E-state index contributed by atoms with van der Waals surface area (Å²) in [6, 6.07) is 9.51. The van der Waals surface area contributed by atoms with Gasteiger partial charge in [0, 0.05) is 11.7 Å². The molecule has 1 atom stereocenters. The van der Waals surface area contributed by atoms with Crippen molar-refractivity contribution in [2.24, 2.45) is 0 Å². The highest BCUT2D eigenvalue weighted by Gasteiger charge is 2.20. The van der Waals surface area contributed by atoms with Gasteiger partial charge in [0.25, 0.3) is 0 Å². The number of carbonyl (C=O) groups is 1. The summed E-state index contributed by atoms with van der Waals surface area (Å²) in [6.07, 6.45) is 0. The Balaban J connectivity index is 2.04. The van der Waals surface area contributed by atoms with E-state index in [0.29, 0.717) is 11.1 Å². The molecule has 0 saturated carbocycles. The molecule has 1 unspecified atom stereocenters. The van der Waals surface area contributed by atoms with E-state index in [2.05, 4.69) is 15.5 Å². The lowest BCUT2D eigenvalue weighted by molar-refractivity contribution is -0.115. The molecule has 0 aliphatic heterocycles. The minimum Gasteiger partial charge on any atom is -0.368 e. The highest BCUT2D eigenvalue weighted by atomic mass is 32.2. The van der Waals surface area contributed by atoms with Crippen LogP contribution in [-0.2, 0) is 4.79 Å². The first kappa shape index (κ1) is 15.4. The van der Waals surface area contributed by atoms with Crippen LogP contribution in [0.5, 0.6) is 0 Å². The van der Waals surface area contributed by atoms with Gasteiger partial charge < -0.3 is 11.1 Å². The fraction of sp³-hybridized carbons (Fsp3) is 0.357. The molecule has 7 heteroatoms. The maximum absolute atomic E-state index is 12.2. The summed E-state index contributed by atoms with van der Waals surface area (Å²) in [4.78, 5) is 12.2. The van der Waals surface area contributed by atoms with E-state index < -0.39 is 0 Å². The quantitative estimate of drug-likeness (QED) is 0.829. The van der Waals surface area contributed by atoms with Crippen LogP contribution in [0.25, 0.3) is 0 Å². The molecule has 1 aromatic carbocycles. The van der Waals surface area contributed by atoms with E-state index in [0.717, 1.165) is 5.69 Å².